The topological polar surface area (TPSA) is 0 Å². The van der Waals surface area contributed by atoms with Crippen LogP contribution in [0.3, 0.4) is 0 Å². The highest BCUT2D eigenvalue weighted by molar-refractivity contribution is 5.24. The summed E-state index contributed by atoms with van der Waals surface area (Å²) in [7, 11) is 0. The van der Waals surface area contributed by atoms with E-state index in [0.717, 1.165) is 5.92 Å². The molecule has 0 bridgehead atoms. The SMILES string of the molecule is C1=CCCC2CC=12. The van der Waals surface area contributed by atoms with Gasteiger partial charge >= 0.3 is 0 Å². The normalized spacial score (nSPS) is 34.3. The van der Waals surface area contributed by atoms with Crippen molar-refractivity contribution in [3.63, 3.8) is 0 Å². The van der Waals surface area contributed by atoms with Crippen LogP contribution in [0.4, 0.5) is 0 Å². The molecule has 0 aromatic carbocycles. The maximum atomic E-state index is 3.25. The van der Waals surface area contributed by atoms with Gasteiger partial charge in [0.25, 0.3) is 0 Å². The van der Waals surface area contributed by atoms with Gasteiger partial charge in [-0.3, -0.25) is 0 Å². The first-order chi connectivity index (χ1) is 3.47. The molecule has 0 radical (unpaired) electrons. The van der Waals surface area contributed by atoms with E-state index in [9.17, 15) is 0 Å². The number of rotatable bonds is 0. The summed E-state index contributed by atoms with van der Waals surface area (Å²) < 4.78 is 0. The molecule has 0 heterocycles. The molecule has 2 aliphatic carbocycles. The average molecular weight is 92.1 g/mol. The minimum atomic E-state index is 0.977. The second-order valence-corrected chi connectivity index (χ2v) is 2.35. The molecule has 0 aromatic heterocycles. The van der Waals surface area contributed by atoms with Crippen molar-refractivity contribution in [2.45, 2.75) is 19.3 Å². The zero-order valence-electron chi connectivity index (χ0n) is 4.28. The van der Waals surface area contributed by atoms with Gasteiger partial charge in [-0.2, -0.15) is 0 Å². The van der Waals surface area contributed by atoms with Crippen molar-refractivity contribution in [1.29, 1.82) is 0 Å². The van der Waals surface area contributed by atoms with E-state index >= 15 is 0 Å². The standard InChI is InChI=1S/C7H8/c1-2-4-7-5-6(7)3-1/h1,7H,2,4-5H2. The van der Waals surface area contributed by atoms with Gasteiger partial charge in [0.15, 0.2) is 0 Å². The predicted octanol–water partition coefficient (Wildman–Crippen LogP) is 1.88. The molecule has 0 saturated heterocycles. The van der Waals surface area contributed by atoms with Crippen LogP contribution in [0.5, 0.6) is 0 Å². The van der Waals surface area contributed by atoms with Gasteiger partial charge in [-0.05, 0) is 36.8 Å². The van der Waals surface area contributed by atoms with Crippen molar-refractivity contribution >= 4 is 0 Å². The van der Waals surface area contributed by atoms with E-state index in [2.05, 4.69) is 11.8 Å². The van der Waals surface area contributed by atoms with Crippen LogP contribution < -0.4 is 0 Å². The highest BCUT2D eigenvalue weighted by atomic mass is 14.3. The molecule has 36 valence electrons. The fourth-order valence-corrected chi connectivity index (χ4v) is 1.15. The molecule has 1 atom stereocenters. The van der Waals surface area contributed by atoms with Gasteiger partial charge in [-0.25, -0.2) is 0 Å². The molecule has 1 fully saturated rings. The zero-order chi connectivity index (χ0) is 4.69. The average Bonchev–Trinajstić information content (AvgIpc) is 2.41. The molecule has 0 spiro atoms. The van der Waals surface area contributed by atoms with Gasteiger partial charge in [0.1, 0.15) is 0 Å². The van der Waals surface area contributed by atoms with Crippen LogP contribution in [0.25, 0.3) is 0 Å². The molecule has 2 rings (SSSR count). The Morgan fingerprint density at radius 2 is 2.71 bits per heavy atom. The molecule has 1 saturated carbocycles. The molecule has 1 unspecified atom stereocenters. The molecule has 0 aromatic rings. The second kappa shape index (κ2) is 1.02. The van der Waals surface area contributed by atoms with E-state index in [1.54, 1.807) is 5.57 Å². The molecule has 0 nitrogen and oxygen atoms in total. The molecule has 0 heteroatoms. The molecule has 7 heavy (non-hydrogen) atoms. The number of fused-ring (bicyclic) bond motifs is 1. The second-order valence-electron chi connectivity index (χ2n) is 2.35. The molecule has 0 N–H and O–H groups in total. The third-order valence-corrected chi connectivity index (χ3v) is 1.75. The first-order valence-electron chi connectivity index (χ1n) is 2.91. The number of hydrogen-bond acceptors (Lipinski definition) is 0. The minimum absolute atomic E-state index is 0.977. The summed E-state index contributed by atoms with van der Waals surface area (Å²) >= 11 is 0. The van der Waals surface area contributed by atoms with Crippen LogP contribution in [0.1, 0.15) is 19.3 Å². The summed E-state index contributed by atoms with van der Waals surface area (Å²) in [6, 6.07) is 0. The van der Waals surface area contributed by atoms with E-state index in [1.165, 1.54) is 19.3 Å². The summed E-state index contributed by atoms with van der Waals surface area (Å²) in [5, 5.41) is 0. The lowest BCUT2D eigenvalue weighted by molar-refractivity contribution is 0.757. The van der Waals surface area contributed by atoms with Crippen LogP contribution in [0.15, 0.2) is 17.4 Å². The van der Waals surface area contributed by atoms with Crippen molar-refractivity contribution < 1.29 is 0 Å². The largest absolute Gasteiger partial charge is 0.126 e. The van der Waals surface area contributed by atoms with Crippen molar-refractivity contribution in [3.8, 4) is 0 Å². The maximum absolute atomic E-state index is 3.25. The summed E-state index contributed by atoms with van der Waals surface area (Å²) in [6.07, 6.45) is 6.20. The Balaban J connectivity index is 2.40. The Morgan fingerprint density at radius 3 is 3.29 bits per heavy atom. The maximum Gasteiger partial charge on any atom is -0.00804 e. The highest BCUT2D eigenvalue weighted by Crippen LogP contribution is 2.42. The van der Waals surface area contributed by atoms with Gasteiger partial charge in [-0.15, -0.1) is 5.73 Å². The highest BCUT2D eigenvalue weighted by Gasteiger charge is 2.29. The van der Waals surface area contributed by atoms with Crippen LogP contribution >= 0.6 is 0 Å². The van der Waals surface area contributed by atoms with Gasteiger partial charge < -0.3 is 0 Å². The molecule has 0 aliphatic heterocycles. The fraction of sp³-hybridized carbons (Fsp3) is 0.571. The molecule has 2 aliphatic rings. The number of hydrogen-bond donors (Lipinski definition) is 0. The first-order valence-corrected chi connectivity index (χ1v) is 2.91. The van der Waals surface area contributed by atoms with Crippen LogP contribution in [0, 0.1) is 5.92 Å². The fourth-order valence-electron chi connectivity index (χ4n) is 1.15. The Bertz CT molecular complexity index is 147. The Hall–Kier alpha value is -0.480. The smallest absolute Gasteiger partial charge is 0.00804 e. The minimum Gasteiger partial charge on any atom is -0.126 e. The van der Waals surface area contributed by atoms with E-state index in [0.29, 0.717) is 0 Å². The van der Waals surface area contributed by atoms with Gasteiger partial charge in [-0.1, -0.05) is 0 Å². The molecule has 0 amide bonds. The van der Waals surface area contributed by atoms with Crippen molar-refractivity contribution in [3.05, 3.63) is 17.4 Å². The van der Waals surface area contributed by atoms with Crippen molar-refractivity contribution in [2.24, 2.45) is 5.92 Å². The first kappa shape index (κ1) is 3.51. The molecular formula is C7H8. The Morgan fingerprint density at radius 1 is 1.71 bits per heavy atom. The Kier molecular flexibility index (Phi) is 0.511. The number of allylic oxidation sites excluding steroid dienone is 1. The van der Waals surface area contributed by atoms with Gasteiger partial charge in [0.05, 0.1) is 0 Å². The quantitative estimate of drug-likeness (QED) is 0.400. The van der Waals surface area contributed by atoms with Crippen LogP contribution in [0.2, 0.25) is 0 Å². The lowest BCUT2D eigenvalue weighted by Gasteiger charge is -1.89. The third kappa shape index (κ3) is 0.436. The van der Waals surface area contributed by atoms with Crippen LogP contribution in [-0.2, 0) is 0 Å². The van der Waals surface area contributed by atoms with E-state index < -0.39 is 0 Å². The summed E-state index contributed by atoms with van der Waals surface area (Å²) in [5.41, 5.74) is 4.82. The van der Waals surface area contributed by atoms with E-state index in [1.807, 2.05) is 0 Å². The van der Waals surface area contributed by atoms with Crippen molar-refractivity contribution in [1.82, 2.24) is 0 Å². The summed E-state index contributed by atoms with van der Waals surface area (Å²) in [4.78, 5) is 0. The van der Waals surface area contributed by atoms with Crippen molar-refractivity contribution in [2.75, 3.05) is 0 Å². The van der Waals surface area contributed by atoms with E-state index in [4.69, 9.17) is 0 Å². The summed E-state index contributed by atoms with van der Waals surface area (Å²) in [5.74, 6) is 0.977. The molecular weight excluding hydrogens is 84.1 g/mol. The lowest BCUT2D eigenvalue weighted by Crippen LogP contribution is -1.75. The monoisotopic (exact) mass is 92.1 g/mol. The lowest BCUT2D eigenvalue weighted by atomic mass is 10.2. The zero-order valence-corrected chi connectivity index (χ0v) is 4.28. The third-order valence-electron chi connectivity index (χ3n) is 1.75. The van der Waals surface area contributed by atoms with E-state index in [-0.39, 0.29) is 0 Å². The van der Waals surface area contributed by atoms with Crippen LogP contribution in [-0.4, -0.2) is 0 Å². The van der Waals surface area contributed by atoms with Gasteiger partial charge in [0.2, 0.25) is 0 Å². The summed E-state index contributed by atoms with van der Waals surface area (Å²) in [6.45, 7) is 0. The van der Waals surface area contributed by atoms with Gasteiger partial charge in [0, 0.05) is 0 Å². The predicted molar refractivity (Wildman–Crippen MR) is 28.9 cm³/mol. The Labute approximate surface area is 43.5 Å².